The Labute approximate surface area is 147 Å². The molecule has 0 radical (unpaired) electrons. The van der Waals surface area contributed by atoms with Crippen LogP contribution in [0.1, 0.15) is 0 Å². The highest BCUT2D eigenvalue weighted by molar-refractivity contribution is 6.11. The van der Waals surface area contributed by atoms with Crippen molar-refractivity contribution in [3.63, 3.8) is 0 Å². The summed E-state index contributed by atoms with van der Waals surface area (Å²) in [5, 5.41) is 28.3. The van der Waals surface area contributed by atoms with Gasteiger partial charge in [0.25, 0.3) is 0 Å². The Morgan fingerprint density at radius 3 is 2.50 bits per heavy atom. The van der Waals surface area contributed by atoms with Gasteiger partial charge >= 0.3 is 0 Å². The molecule has 26 heavy (non-hydrogen) atoms. The summed E-state index contributed by atoms with van der Waals surface area (Å²) in [7, 11) is 1.19. The molecule has 0 spiro atoms. The zero-order chi connectivity index (χ0) is 18.5. The van der Waals surface area contributed by atoms with Gasteiger partial charge in [-0.05, 0) is 30.3 Å². The van der Waals surface area contributed by atoms with E-state index in [-0.39, 0.29) is 5.82 Å². The van der Waals surface area contributed by atoms with Gasteiger partial charge in [0.15, 0.2) is 5.65 Å². The van der Waals surface area contributed by atoms with Crippen LogP contribution >= 0.6 is 0 Å². The molecule has 3 heterocycles. The fraction of sp³-hybridized carbons (Fsp3) is 0.0625. The van der Waals surface area contributed by atoms with Crippen molar-refractivity contribution in [3.8, 4) is 22.4 Å². The molecule has 4 aromatic rings. The van der Waals surface area contributed by atoms with E-state index in [2.05, 4.69) is 15.2 Å². The molecule has 3 aromatic heterocycles. The van der Waals surface area contributed by atoms with Crippen LogP contribution in [0.15, 0.2) is 48.9 Å². The number of rotatable bonds is 3. The molecule has 8 nitrogen and oxygen atoms in total. The second-order valence-electron chi connectivity index (χ2n) is 5.99. The quantitative estimate of drug-likeness (QED) is 0.358. The number of halogens is 1. The molecule has 1 aromatic carbocycles. The number of nitrogens with zero attached hydrogens (tertiary/aromatic N) is 5. The molecule has 0 fully saturated rings. The number of aromatic nitrogens is 5. The van der Waals surface area contributed by atoms with Crippen molar-refractivity contribution in [2.75, 3.05) is 5.73 Å². The van der Waals surface area contributed by atoms with Crippen LogP contribution in [0, 0.1) is 5.82 Å². The second-order valence-corrected chi connectivity index (χ2v) is 5.99. The van der Waals surface area contributed by atoms with E-state index in [0.717, 1.165) is 4.68 Å². The minimum absolute atomic E-state index is 0.301. The largest absolute Gasteiger partial charge is 0.382 e. The first-order valence-electron chi connectivity index (χ1n) is 7.74. The summed E-state index contributed by atoms with van der Waals surface area (Å²) in [6.07, 6.45) is 4.63. The number of anilines is 1. The molecule has 130 valence electrons. The first-order valence-corrected chi connectivity index (χ1v) is 7.74. The first-order chi connectivity index (χ1) is 12.3. The molecule has 0 bridgehead atoms. The number of hydrogen-bond donors (Lipinski definition) is 3. The minimum atomic E-state index is -2.20. The summed E-state index contributed by atoms with van der Waals surface area (Å²) in [6.45, 7) is 0. The van der Waals surface area contributed by atoms with Crippen LogP contribution in [0.2, 0.25) is 0 Å². The fourth-order valence-corrected chi connectivity index (χ4v) is 2.73. The number of imidazole rings is 1. The Hall–Kier alpha value is -3.24. The normalized spacial score (nSPS) is 12.0. The number of benzene rings is 1. The minimum Gasteiger partial charge on any atom is -0.382 e. The van der Waals surface area contributed by atoms with Gasteiger partial charge in [0, 0.05) is 29.1 Å². The topological polar surface area (TPSA) is 114 Å². The lowest BCUT2D eigenvalue weighted by Crippen LogP contribution is -2.33. The van der Waals surface area contributed by atoms with Gasteiger partial charge in [-0.3, -0.25) is 0 Å². The summed E-state index contributed by atoms with van der Waals surface area (Å²) >= 11 is 0. The third-order valence-electron chi connectivity index (χ3n) is 3.94. The lowest BCUT2D eigenvalue weighted by Gasteiger charge is -2.16. The Balaban J connectivity index is 2.00. The average molecular weight is 352 g/mol. The van der Waals surface area contributed by atoms with E-state index in [0.29, 0.717) is 33.8 Å². The molecule has 4 N–H and O–H groups in total. The number of aliphatic hydroxyl groups is 2. The van der Waals surface area contributed by atoms with E-state index < -0.39 is 5.81 Å². The van der Waals surface area contributed by atoms with Crippen molar-refractivity contribution in [2.24, 2.45) is 0 Å². The lowest BCUT2D eigenvalue weighted by atomic mass is 10.0. The van der Waals surface area contributed by atoms with Crippen LogP contribution in [-0.2, 0) is 5.81 Å². The Morgan fingerprint density at radius 1 is 1.08 bits per heavy atom. The first kappa shape index (κ1) is 16.2. The zero-order valence-corrected chi connectivity index (χ0v) is 13.7. The highest BCUT2D eigenvalue weighted by atomic mass is 19.1. The van der Waals surface area contributed by atoms with Gasteiger partial charge in [-0.15, -0.1) is 0 Å². The van der Waals surface area contributed by atoms with Crippen molar-refractivity contribution in [1.29, 1.82) is 0 Å². The molecule has 0 saturated heterocycles. The summed E-state index contributed by atoms with van der Waals surface area (Å²) < 4.78 is 15.8. The number of nitrogen functional groups attached to an aromatic ring is 1. The van der Waals surface area contributed by atoms with Crippen molar-refractivity contribution < 1.29 is 14.6 Å². The molecule has 4 rings (SSSR count). The van der Waals surface area contributed by atoms with E-state index in [1.54, 1.807) is 30.6 Å². The van der Waals surface area contributed by atoms with E-state index >= 15 is 0 Å². The maximum Gasteiger partial charge on any atom is 0.215 e. The predicted octanol–water partition coefficient (Wildman–Crippen LogP) is 0.167. The van der Waals surface area contributed by atoms with Crippen LogP contribution in [0.4, 0.5) is 10.2 Å². The van der Waals surface area contributed by atoms with E-state index in [1.165, 1.54) is 30.7 Å². The number of fused-ring (bicyclic) bond motifs is 1. The molecule has 0 atom stereocenters. The smallest absolute Gasteiger partial charge is 0.215 e. The van der Waals surface area contributed by atoms with Crippen molar-refractivity contribution in [2.45, 2.75) is 5.81 Å². The van der Waals surface area contributed by atoms with Crippen LogP contribution in [-0.4, -0.2) is 42.4 Å². The van der Waals surface area contributed by atoms with Crippen molar-refractivity contribution in [3.05, 3.63) is 54.7 Å². The molecular formula is C16H14BFN6O2. The van der Waals surface area contributed by atoms with E-state index in [1.807, 2.05) is 0 Å². The van der Waals surface area contributed by atoms with Gasteiger partial charge in [-0.2, -0.15) is 10.2 Å². The van der Waals surface area contributed by atoms with Crippen molar-refractivity contribution >= 4 is 19.3 Å². The zero-order valence-electron chi connectivity index (χ0n) is 13.7. The Bertz CT molecular complexity index is 1100. The molecule has 0 amide bonds. The molecular weight excluding hydrogens is 338 g/mol. The molecule has 0 aliphatic heterocycles. The van der Waals surface area contributed by atoms with Gasteiger partial charge in [-0.1, -0.05) is 0 Å². The summed E-state index contributed by atoms with van der Waals surface area (Å²) in [6, 6.07) is 7.48. The van der Waals surface area contributed by atoms with E-state index in [4.69, 9.17) is 5.73 Å². The molecule has 0 unspecified atom stereocenters. The SMILES string of the molecule is BC(O)(O)n1cc(-c2ccnn3cc(N)nc23)c(-c2ccc(F)cc2)n1. The molecule has 10 heteroatoms. The third kappa shape index (κ3) is 2.70. The average Bonchev–Trinajstić information content (AvgIpc) is 3.17. The van der Waals surface area contributed by atoms with Gasteiger partial charge in [-0.25, -0.2) is 18.6 Å². The highest BCUT2D eigenvalue weighted by Gasteiger charge is 2.24. The van der Waals surface area contributed by atoms with Gasteiger partial charge in [0.1, 0.15) is 17.3 Å². The Kier molecular flexibility index (Phi) is 3.53. The maximum atomic E-state index is 13.3. The number of nitrogens with two attached hydrogens (primary N) is 1. The summed E-state index contributed by atoms with van der Waals surface area (Å²) in [5.74, 6) is -2.28. The van der Waals surface area contributed by atoms with Gasteiger partial charge in [0.2, 0.25) is 13.7 Å². The third-order valence-corrected chi connectivity index (χ3v) is 3.94. The molecule has 0 aliphatic rings. The maximum absolute atomic E-state index is 13.3. The Morgan fingerprint density at radius 2 is 1.81 bits per heavy atom. The highest BCUT2D eigenvalue weighted by Crippen LogP contribution is 2.34. The number of hydrogen-bond acceptors (Lipinski definition) is 6. The molecule has 0 aliphatic carbocycles. The van der Waals surface area contributed by atoms with Crippen LogP contribution < -0.4 is 5.73 Å². The van der Waals surface area contributed by atoms with Crippen molar-refractivity contribution in [1.82, 2.24) is 24.4 Å². The molecule has 0 saturated carbocycles. The van der Waals surface area contributed by atoms with Crippen LogP contribution in [0.3, 0.4) is 0 Å². The van der Waals surface area contributed by atoms with Crippen LogP contribution in [0.5, 0.6) is 0 Å². The van der Waals surface area contributed by atoms with E-state index in [9.17, 15) is 14.6 Å². The summed E-state index contributed by atoms with van der Waals surface area (Å²) in [5.41, 5.74) is 8.52. The standard InChI is InChI=1S/C16H14BFN6O2/c17-16(25,26)24-7-12(14(22-24)9-1-3-10(18)4-2-9)11-5-6-20-23-8-13(19)21-15(11)23/h1-8,25-26H,17,19H2. The fourth-order valence-electron chi connectivity index (χ4n) is 2.73. The summed E-state index contributed by atoms with van der Waals surface area (Å²) in [4.78, 5) is 4.27. The second kappa shape index (κ2) is 5.65. The predicted molar refractivity (Wildman–Crippen MR) is 95.0 cm³/mol. The van der Waals surface area contributed by atoms with Gasteiger partial charge < -0.3 is 15.9 Å². The monoisotopic (exact) mass is 352 g/mol. The van der Waals surface area contributed by atoms with Crippen LogP contribution in [0.25, 0.3) is 28.0 Å². The lowest BCUT2D eigenvalue weighted by molar-refractivity contribution is -0.160. The van der Waals surface area contributed by atoms with Gasteiger partial charge in [0.05, 0.1) is 6.20 Å².